The van der Waals surface area contributed by atoms with Gasteiger partial charge >= 0.3 is 0 Å². The van der Waals surface area contributed by atoms with Crippen molar-refractivity contribution in [2.45, 2.75) is 76.4 Å². The third kappa shape index (κ3) is 5.59. The molecule has 0 saturated carbocycles. The maximum atomic E-state index is 13.2. The van der Waals surface area contributed by atoms with Crippen LogP contribution in [0.4, 0.5) is 5.69 Å². The zero-order valence-electron chi connectivity index (χ0n) is 21.5. The predicted octanol–water partition coefficient (Wildman–Crippen LogP) is 4.62. The van der Waals surface area contributed by atoms with Gasteiger partial charge in [-0.2, -0.15) is 5.48 Å². The molecule has 7 nitrogen and oxygen atoms in total. The van der Waals surface area contributed by atoms with Crippen LogP contribution in [0.15, 0.2) is 35.9 Å². The highest BCUT2D eigenvalue weighted by atomic mass is 35.5. The summed E-state index contributed by atoms with van der Waals surface area (Å²) in [5.74, 6) is 0.733. The summed E-state index contributed by atoms with van der Waals surface area (Å²) in [6, 6.07) is 3.95. The van der Waals surface area contributed by atoms with Crippen LogP contribution in [0.1, 0.15) is 45.6 Å². The lowest BCUT2D eigenvalue weighted by molar-refractivity contribution is -0.118. The minimum atomic E-state index is -0.342. The van der Waals surface area contributed by atoms with E-state index in [4.69, 9.17) is 30.6 Å². The van der Waals surface area contributed by atoms with E-state index >= 15 is 0 Å². The quantitative estimate of drug-likeness (QED) is 0.592. The van der Waals surface area contributed by atoms with Gasteiger partial charge in [0.2, 0.25) is 5.91 Å². The molecule has 0 aliphatic carbocycles. The summed E-state index contributed by atoms with van der Waals surface area (Å²) in [5, 5.41) is 0.434. The van der Waals surface area contributed by atoms with Crippen LogP contribution in [-0.2, 0) is 25.5 Å². The van der Waals surface area contributed by atoms with Crippen LogP contribution in [0.5, 0.6) is 5.75 Å². The molecule has 1 amide bonds. The fraction of sp³-hybridized carbons (Fsp3) is 0.593. The summed E-state index contributed by atoms with van der Waals surface area (Å²) in [6.45, 7) is 6.31. The number of nitrogens with one attached hydrogen (secondary N) is 1. The summed E-state index contributed by atoms with van der Waals surface area (Å²) in [7, 11) is 5.07. The first-order valence-electron chi connectivity index (χ1n) is 12.3. The summed E-state index contributed by atoms with van der Waals surface area (Å²) in [4.78, 5) is 20.7. The van der Waals surface area contributed by atoms with Crippen LogP contribution in [0.2, 0.25) is 5.02 Å². The molecule has 2 fully saturated rings. The molecule has 2 saturated heterocycles. The van der Waals surface area contributed by atoms with E-state index in [9.17, 15) is 4.79 Å². The first-order chi connectivity index (χ1) is 16.7. The number of hydrogen-bond donors (Lipinski definition) is 1. The van der Waals surface area contributed by atoms with Gasteiger partial charge in [-0.25, -0.2) is 0 Å². The molecule has 6 atom stereocenters. The molecule has 3 aliphatic rings. The third-order valence-electron chi connectivity index (χ3n) is 7.57. The first-order valence-corrected chi connectivity index (χ1v) is 12.6. The van der Waals surface area contributed by atoms with Crippen LogP contribution in [0.25, 0.3) is 0 Å². The van der Waals surface area contributed by atoms with Crippen LogP contribution >= 0.6 is 11.6 Å². The van der Waals surface area contributed by atoms with Gasteiger partial charge in [0.25, 0.3) is 0 Å². The molecule has 4 bridgehead atoms. The lowest BCUT2D eigenvalue weighted by Gasteiger charge is -2.22. The molecule has 0 radical (unpaired) electrons. The minimum Gasteiger partial charge on any atom is -0.495 e. The van der Waals surface area contributed by atoms with Crippen molar-refractivity contribution in [1.82, 2.24) is 5.48 Å². The lowest BCUT2D eigenvalue weighted by Crippen LogP contribution is -2.34. The highest BCUT2D eigenvalue weighted by Crippen LogP contribution is 2.47. The number of carbonyl (C=O) groups excluding carboxylic acids is 1. The largest absolute Gasteiger partial charge is 0.495 e. The number of anilines is 1. The van der Waals surface area contributed by atoms with E-state index < -0.39 is 0 Å². The number of amides is 1. The molecule has 8 heteroatoms. The number of allylic oxidation sites excluding steroid dienone is 3. The zero-order chi connectivity index (χ0) is 25.3. The van der Waals surface area contributed by atoms with Gasteiger partial charge in [0, 0.05) is 26.5 Å². The second-order valence-corrected chi connectivity index (χ2v) is 10.6. The number of fused-ring (bicyclic) bond motifs is 5. The highest BCUT2D eigenvalue weighted by Gasteiger charge is 2.57. The number of nitrogens with zero attached hydrogens (tertiary/aromatic N) is 1. The molecule has 3 aliphatic heterocycles. The molecule has 1 N–H and O–H groups in total. The Kier molecular flexibility index (Phi) is 7.93. The maximum absolute atomic E-state index is 13.2. The van der Waals surface area contributed by atoms with Gasteiger partial charge in [0.05, 0.1) is 42.8 Å². The van der Waals surface area contributed by atoms with Gasteiger partial charge in [-0.1, -0.05) is 42.3 Å². The standard InChI is InChI=1S/C27H37ClN2O5/c1-16-8-7-9-21(32-5)19-15-22(35-29-19)17(2)26-27(3,34-26)11-10-24(31)30(4)20-13-18(12-16)14-23(33-6)25(20)28/h7-9,13-14,17,19,21-22,26,29H,10-12,15H2,1-6H3/b9-7+,16-8+/t17-,19?,21-,22-,26+,27-/m1/s1. The number of carbonyl (C=O) groups is 1. The number of rotatable bonds is 2. The molecule has 0 spiro atoms. The second-order valence-electron chi connectivity index (χ2n) is 10.2. The summed E-state index contributed by atoms with van der Waals surface area (Å²) in [5.41, 5.74) is 5.65. The van der Waals surface area contributed by atoms with E-state index in [2.05, 4.69) is 38.4 Å². The van der Waals surface area contributed by atoms with Crippen LogP contribution < -0.4 is 15.1 Å². The SMILES string of the molecule is COc1cc2cc(c1Cl)N(C)C(=O)CC[C@@]1(C)O[C@H]1[C@H](C)[C@H]1CC(NO1)[C@H](OC)/C=C/C=C(\C)C2. The zero-order valence-corrected chi connectivity index (χ0v) is 22.2. The predicted molar refractivity (Wildman–Crippen MR) is 137 cm³/mol. The van der Waals surface area contributed by atoms with Crippen molar-refractivity contribution in [3.05, 3.63) is 46.5 Å². The monoisotopic (exact) mass is 504 g/mol. The van der Waals surface area contributed by atoms with Crippen molar-refractivity contribution < 1.29 is 23.8 Å². The Morgan fingerprint density at radius 3 is 2.77 bits per heavy atom. The van der Waals surface area contributed by atoms with E-state index in [0.29, 0.717) is 35.7 Å². The molecule has 35 heavy (non-hydrogen) atoms. The van der Waals surface area contributed by atoms with Crippen LogP contribution in [-0.4, -0.2) is 57.1 Å². The van der Waals surface area contributed by atoms with E-state index in [0.717, 1.165) is 17.6 Å². The molecule has 192 valence electrons. The van der Waals surface area contributed by atoms with Gasteiger partial charge in [-0.3, -0.25) is 9.63 Å². The van der Waals surface area contributed by atoms with Crippen molar-refractivity contribution in [2.24, 2.45) is 5.92 Å². The minimum absolute atomic E-state index is 0.0101. The van der Waals surface area contributed by atoms with E-state index in [1.807, 2.05) is 18.2 Å². The van der Waals surface area contributed by atoms with E-state index in [-0.39, 0.29) is 41.8 Å². The number of hydroxylamine groups is 1. The maximum Gasteiger partial charge on any atom is 0.226 e. The molecular weight excluding hydrogens is 468 g/mol. The Bertz CT molecular complexity index is 1010. The van der Waals surface area contributed by atoms with Crippen molar-refractivity contribution in [3.63, 3.8) is 0 Å². The van der Waals surface area contributed by atoms with E-state index in [1.165, 1.54) is 0 Å². The molecule has 4 rings (SSSR count). The summed E-state index contributed by atoms with van der Waals surface area (Å²) >= 11 is 6.62. The molecule has 1 aromatic carbocycles. The van der Waals surface area contributed by atoms with Gasteiger partial charge in [0.1, 0.15) is 10.8 Å². The number of hydrogen-bond acceptors (Lipinski definition) is 6. The van der Waals surface area contributed by atoms with Gasteiger partial charge < -0.3 is 19.1 Å². The van der Waals surface area contributed by atoms with Gasteiger partial charge in [0.15, 0.2) is 0 Å². The number of ether oxygens (including phenoxy) is 3. The smallest absolute Gasteiger partial charge is 0.226 e. The van der Waals surface area contributed by atoms with Crippen LogP contribution in [0, 0.1) is 5.92 Å². The Balaban J connectivity index is 1.65. The third-order valence-corrected chi connectivity index (χ3v) is 7.95. The first kappa shape index (κ1) is 26.2. The summed E-state index contributed by atoms with van der Waals surface area (Å²) in [6.07, 6.45) is 8.63. The molecular formula is C27H37ClN2O5. The topological polar surface area (TPSA) is 72.6 Å². The summed E-state index contributed by atoms with van der Waals surface area (Å²) < 4.78 is 17.4. The van der Waals surface area contributed by atoms with Crippen molar-refractivity contribution >= 4 is 23.2 Å². The Labute approximate surface area is 213 Å². The molecule has 0 aromatic heterocycles. The normalized spacial score (nSPS) is 36.3. The average Bonchev–Trinajstić information content (AvgIpc) is 3.27. The van der Waals surface area contributed by atoms with Crippen molar-refractivity contribution in [3.8, 4) is 5.75 Å². The van der Waals surface area contributed by atoms with Crippen LogP contribution in [0.3, 0.4) is 0 Å². The fourth-order valence-corrected chi connectivity index (χ4v) is 5.55. The highest BCUT2D eigenvalue weighted by molar-refractivity contribution is 6.35. The number of methoxy groups -OCH3 is 2. The molecule has 1 unspecified atom stereocenters. The fourth-order valence-electron chi connectivity index (χ4n) is 5.24. The number of epoxide rings is 1. The number of halogens is 1. The molecule has 3 heterocycles. The van der Waals surface area contributed by atoms with Gasteiger partial charge in [-0.15, -0.1) is 0 Å². The van der Waals surface area contributed by atoms with E-state index in [1.54, 1.807) is 26.2 Å². The second kappa shape index (κ2) is 10.6. The number of benzene rings is 1. The van der Waals surface area contributed by atoms with Crippen molar-refractivity contribution in [2.75, 3.05) is 26.2 Å². The molecule has 1 aromatic rings. The van der Waals surface area contributed by atoms with Gasteiger partial charge in [-0.05, 0) is 50.8 Å². The van der Waals surface area contributed by atoms with Crippen molar-refractivity contribution in [1.29, 1.82) is 0 Å². The Morgan fingerprint density at radius 1 is 1.29 bits per heavy atom. The Hall–Kier alpha value is -1.90. The lowest BCUT2D eigenvalue weighted by atomic mass is 9.87. The Morgan fingerprint density at radius 2 is 2.06 bits per heavy atom. The average molecular weight is 505 g/mol.